The average Bonchev–Trinajstić information content (AvgIpc) is 2.37. The van der Waals surface area contributed by atoms with Crippen molar-refractivity contribution in [1.29, 1.82) is 0 Å². The number of aromatic nitrogens is 3. The van der Waals surface area contributed by atoms with Gasteiger partial charge >= 0.3 is 0 Å². The zero-order valence-corrected chi connectivity index (χ0v) is 10.2. The zero-order chi connectivity index (χ0) is 12.1. The van der Waals surface area contributed by atoms with Crippen LogP contribution in [0.2, 0.25) is 5.28 Å². The van der Waals surface area contributed by atoms with E-state index in [1.807, 2.05) is 4.90 Å². The molecule has 0 atom stereocenters. The highest BCUT2D eigenvalue weighted by molar-refractivity contribution is 6.28. The van der Waals surface area contributed by atoms with E-state index in [-0.39, 0.29) is 11.9 Å². The number of ether oxygens (including phenoxy) is 1. The smallest absolute Gasteiger partial charge is 0.230 e. The predicted octanol–water partition coefficient (Wildman–Crippen LogP) is 0.286. The van der Waals surface area contributed by atoms with Gasteiger partial charge in [-0.05, 0) is 18.0 Å². The number of hydrogen-bond acceptors (Lipinski definition) is 6. The van der Waals surface area contributed by atoms with Crippen molar-refractivity contribution in [2.45, 2.75) is 12.8 Å². The lowest BCUT2D eigenvalue weighted by Gasteiger charge is -2.26. The number of aryl methyl sites for hydroxylation is 1. The molecule has 1 aliphatic rings. The molecule has 94 valence electrons. The van der Waals surface area contributed by atoms with Crippen LogP contribution < -0.4 is 4.90 Å². The Bertz CT molecular complexity index is 371. The van der Waals surface area contributed by atoms with Crippen LogP contribution in [0.3, 0.4) is 0 Å². The van der Waals surface area contributed by atoms with Crippen molar-refractivity contribution >= 4 is 17.5 Å². The fraction of sp³-hybridized carbons (Fsp3) is 0.700. The molecule has 7 heteroatoms. The van der Waals surface area contributed by atoms with Gasteiger partial charge in [0, 0.05) is 26.1 Å². The molecule has 17 heavy (non-hydrogen) atoms. The highest BCUT2D eigenvalue weighted by Crippen LogP contribution is 2.13. The van der Waals surface area contributed by atoms with Crippen LogP contribution in [0.25, 0.3) is 0 Å². The largest absolute Gasteiger partial charge is 0.396 e. The maximum atomic E-state index is 8.78. The molecule has 1 N–H and O–H groups in total. The van der Waals surface area contributed by atoms with E-state index in [0.29, 0.717) is 37.8 Å². The average molecular weight is 259 g/mol. The molecule has 1 aromatic heterocycles. The second-order valence-corrected chi connectivity index (χ2v) is 4.09. The van der Waals surface area contributed by atoms with Gasteiger partial charge in [0.25, 0.3) is 0 Å². The molecule has 0 amide bonds. The first-order valence-corrected chi connectivity index (χ1v) is 6.01. The summed E-state index contributed by atoms with van der Waals surface area (Å²) in [6.45, 7) is 3.00. The SMILES string of the molecule is OCCCc1nc(Cl)nc(N2CCOCC2)n1. The molecule has 0 spiro atoms. The second-order valence-electron chi connectivity index (χ2n) is 3.75. The molecule has 2 rings (SSSR count). The Morgan fingerprint density at radius 1 is 1.24 bits per heavy atom. The molecule has 1 aliphatic heterocycles. The van der Waals surface area contributed by atoms with Gasteiger partial charge in [0.1, 0.15) is 5.82 Å². The summed E-state index contributed by atoms with van der Waals surface area (Å²) in [5, 5.41) is 8.99. The van der Waals surface area contributed by atoms with Crippen LogP contribution in [0.4, 0.5) is 5.95 Å². The van der Waals surface area contributed by atoms with E-state index in [4.69, 9.17) is 21.4 Å². The summed E-state index contributed by atoms with van der Waals surface area (Å²) in [7, 11) is 0. The lowest BCUT2D eigenvalue weighted by atomic mass is 10.3. The molecule has 0 saturated carbocycles. The van der Waals surface area contributed by atoms with E-state index >= 15 is 0 Å². The lowest BCUT2D eigenvalue weighted by molar-refractivity contribution is 0.122. The van der Waals surface area contributed by atoms with E-state index < -0.39 is 0 Å². The summed E-state index contributed by atoms with van der Waals surface area (Å²) < 4.78 is 5.27. The monoisotopic (exact) mass is 258 g/mol. The van der Waals surface area contributed by atoms with E-state index in [9.17, 15) is 0 Å². The Hall–Kier alpha value is -0.980. The van der Waals surface area contributed by atoms with E-state index in [1.165, 1.54) is 0 Å². The summed E-state index contributed by atoms with van der Waals surface area (Å²) in [4.78, 5) is 14.5. The van der Waals surface area contributed by atoms with Crippen LogP contribution in [0.15, 0.2) is 0 Å². The summed E-state index contributed by atoms with van der Waals surface area (Å²) in [6, 6.07) is 0. The number of anilines is 1. The first-order valence-electron chi connectivity index (χ1n) is 5.63. The molecule has 6 nitrogen and oxygen atoms in total. The third-order valence-electron chi connectivity index (χ3n) is 2.50. The minimum absolute atomic E-state index is 0.121. The topological polar surface area (TPSA) is 71.4 Å². The number of nitrogens with zero attached hydrogens (tertiary/aromatic N) is 4. The molecule has 0 unspecified atom stereocenters. The quantitative estimate of drug-likeness (QED) is 0.837. The highest BCUT2D eigenvalue weighted by Gasteiger charge is 2.15. The normalized spacial score (nSPS) is 16.2. The summed E-state index contributed by atoms with van der Waals surface area (Å²) in [5.74, 6) is 1.22. The Morgan fingerprint density at radius 2 is 2.00 bits per heavy atom. The van der Waals surface area contributed by atoms with Crippen LogP contribution in [-0.4, -0.2) is 53.0 Å². The van der Waals surface area contributed by atoms with Gasteiger partial charge in [0.15, 0.2) is 0 Å². The van der Waals surface area contributed by atoms with Crippen molar-refractivity contribution in [3.63, 3.8) is 0 Å². The summed E-state index contributed by atoms with van der Waals surface area (Å²) >= 11 is 5.87. The molecule has 0 radical (unpaired) electrons. The third-order valence-corrected chi connectivity index (χ3v) is 2.66. The number of halogens is 1. The molecule has 2 heterocycles. The first-order chi connectivity index (χ1) is 8.29. The van der Waals surface area contributed by atoms with Gasteiger partial charge in [0.05, 0.1) is 13.2 Å². The second kappa shape index (κ2) is 6.09. The van der Waals surface area contributed by atoms with E-state index in [0.717, 1.165) is 13.1 Å². The molecule has 1 fully saturated rings. The fourth-order valence-corrected chi connectivity index (χ4v) is 1.81. The van der Waals surface area contributed by atoms with Crippen molar-refractivity contribution in [3.8, 4) is 0 Å². The lowest BCUT2D eigenvalue weighted by Crippen LogP contribution is -2.37. The number of rotatable bonds is 4. The van der Waals surface area contributed by atoms with Crippen molar-refractivity contribution in [2.24, 2.45) is 0 Å². The minimum Gasteiger partial charge on any atom is -0.396 e. The first kappa shape index (κ1) is 12.5. The number of morpholine rings is 1. The number of aliphatic hydroxyl groups is 1. The van der Waals surface area contributed by atoms with Crippen molar-refractivity contribution in [2.75, 3.05) is 37.8 Å². The van der Waals surface area contributed by atoms with Crippen LogP contribution >= 0.6 is 11.6 Å². The van der Waals surface area contributed by atoms with Crippen LogP contribution in [0.5, 0.6) is 0 Å². The molecule has 1 aromatic rings. The van der Waals surface area contributed by atoms with Gasteiger partial charge < -0.3 is 14.7 Å². The Kier molecular flexibility index (Phi) is 4.47. The maximum absolute atomic E-state index is 8.78. The van der Waals surface area contributed by atoms with Gasteiger partial charge in [-0.1, -0.05) is 0 Å². The van der Waals surface area contributed by atoms with Crippen LogP contribution in [0, 0.1) is 0 Å². The minimum atomic E-state index is 0.121. The molecule has 0 aromatic carbocycles. The van der Waals surface area contributed by atoms with Gasteiger partial charge in [-0.3, -0.25) is 0 Å². The third kappa shape index (κ3) is 3.49. The molecule has 1 saturated heterocycles. The van der Waals surface area contributed by atoms with E-state index in [2.05, 4.69) is 15.0 Å². The Balaban J connectivity index is 2.12. The van der Waals surface area contributed by atoms with Gasteiger partial charge in [-0.25, -0.2) is 4.98 Å². The van der Waals surface area contributed by atoms with E-state index in [1.54, 1.807) is 0 Å². The highest BCUT2D eigenvalue weighted by atomic mass is 35.5. The van der Waals surface area contributed by atoms with Crippen molar-refractivity contribution in [3.05, 3.63) is 11.1 Å². The van der Waals surface area contributed by atoms with Crippen molar-refractivity contribution < 1.29 is 9.84 Å². The maximum Gasteiger partial charge on any atom is 0.230 e. The van der Waals surface area contributed by atoms with Crippen LogP contribution in [-0.2, 0) is 11.2 Å². The predicted molar refractivity (Wildman–Crippen MR) is 63.3 cm³/mol. The molecule has 0 bridgehead atoms. The van der Waals surface area contributed by atoms with Crippen molar-refractivity contribution in [1.82, 2.24) is 15.0 Å². The van der Waals surface area contributed by atoms with Gasteiger partial charge in [-0.15, -0.1) is 0 Å². The molecule has 0 aliphatic carbocycles. The fourth-order valence-electron chi connectivity index (χ4n) is 1.63. The standard InChI is InChI=1S/C10H15ClN4O2/c11-9-12-8(2-1-5-16)13-10(14-9)15-3-6-17-7-4-15/h16H,1-7H2. The van der Waals surface area contributed by atoms with Gasteiger partial charge in [-0.2, -0.15) is 9.97 Å². The summed E-state index contributed by atoms with van der Waals surface area (Å²) in [5.41, 5.74) is 0. The Morgan fingerprint density at radius 3 is 2.71 bits per heavy atom. The number of aliphatic hydroxyl groups excluding tert-OH is 1. The Labute approximate surface area is 105 Å². The molecular formula is C10H15ClN4O2. The van der Waals surface area contributed by atoms with Crippen LogP contribution in [0.1, 0.15) is 12.2 Å². The zero-order valence-electron chi connectivity index (χ0n) is 9.47. The molecular weight excluding hydrogens is 244 g/mol. The van der Waals surface area contributed by atoms with Gasteiger partial charge in [0.2, 0.25) is 11.2 Å². The summed E-state index contributed by atoms with van der Waals surface area (Å²) in [6.07, 6.45) is 1.24. The number of hydrogen-bond donors (Lipinski definition) is 1.